The summed E-state index contributed by atoms with van der Waals surface area (Å²) in [5.41, 5.74) is 3.83. The molecule has 0 unspecified atom stereocenters. The number of halogens is 2. The van der Waals surface area contributed by atoms with Gasteiger partial charge in [0.15, 0.2) is 0 Å². The standard InChI is InChI=1S/C22H19Cl2N3O3/c23-13-3-7-19-16(9-13)21(26-20-8-4-14(24)10-17(20)22(28)29)18(11-25-19)12-1-5-15(27-30)6-2-12/h3-4,7-12,30H,1-2,5-6H2,(H,25,26)(H,28,29). The molecular formula is C22H19Cl2N3O3. The summed E-state index contributed by atoms with van der Waals surface area (Å²) in [6.07, 6.45) is 4.87. The molecule has 1 aromatic heterocycles. The number of rotatable bonds is 4. The number of nitrogens with one attached hydrogen (secondary N) is 1. The second-order valence-corrected chi connectivity index (χ2v) is 8.18. The highest BCUT2D eigenvalue weighted by atomic mass is 35.5. The fraction of sp³-hybridized carbons (Fsp3) is 0.227. The number of aromatic carboxylic acids is 1. The van der Waals surface area contributed by atoms with Crippen molar-refractivity contribution in [3.63, 3.8) is 0 Å². The van der Waals surface area contributed by atoms with Crippen LogP contribution < -0.4 is 5.32 Å². The Morgan fingerprint density at radius 3 is 2.50 bits per heavy atom. The minimum Gasteiger partial charge on any atom is -0.478 e. The lowest BCUT2D eigenvalue weighted by atomic mass is 9.82. The molecule has 1 aliphatic rings. The zero-order valence-electron chi connectivity index (χ0n) is 15.9. The number of carbonyl (C=O) groups is 1. The van der Waals surface area contributed by atoms with Crippen LogP contribution in [-0.4, -0.2) is 27.0 Å². The molecule has 0 atom stereocenters. The molecular weight excluding hydrogens is 425 g/mol. The Hall–Kier alpha value is -2.83. The topological polar surface area (TPSA) is 94.8 Å². The van der Waals surface area contributed by atoms with Crippen LogP contribution in [0.5, 0.6) is 0 Å². The molecule has 0 spiro atoms. The highest BCUT2D eigenvalue weighted by Crippen LogP contribution is 2.40. The molecule has 30 heavy (non-hydrogen) atoms. The second kappa shape index (κ2) is 8.50. The molecule has 1 aliphatic carbocycles. The van der Waals surface area contributed by atoms with Gasteiger partial charge < -0.3 is 15.6 Å². The lowest BCUT2D eigenvalue weighted by Crippen LogP contribution is -2.15. The van der Waals surface area contributed by atoms with E-state index in [0.717, 1.165) is 40.7 Å². The number of oxime groups is 1. The Kier molecular flexibility index (Phi) is 5.79. The van der Waals surface area contributed by atoms with Crippen LogP contribution in [0.4, 0.5) is 11.4 Å². The number of anilines is 2. The van der Waals surface area contributed by atoms with Crippen LogP contribution in [0.3, 0.4) is 0 Å². The monoisotopic (exact) mass is 443 g/mol. The van der Waals surface area contributed by atoms with E-state index in [2.05, 4.69) is 15.5 Å². The number of pyridine rings is 1. The molecule has 0 amide bonds. The Balaban J connectivity index is 1.84. The average molecular weight is 444 g/mol. The lowest BCUT2D eigenvalue weighted by molar-refractivity contribution is 0.0698. The summed E-state index contributed by atoms with van der Waals surface area (Å²) in [6, 6.07) is 10.2. The van der Waals surface area contributed by atoms with E-state index in [9.17, 15) is 9.90 Å². The fourth-order valence-corrected chi connectivity index (χ4v) is 4.27. The minimum atomic E-state index is -1.07. The van der Waals surface area contributed by atoms with Gasteiger partial charge >= 0.3 is 5.97 Å². The predicted molar refractivity (Wildman–Crippen MR) is 119 cm³/mol. The quantitative estimate of drug-likeness (QED) is 0.317. The first-order valence-corrected chi connectivity index (χ1v) is 10.3. The van der Waals surface area contributed by atoms with Crippen LogP contribution in [0.15, 0.2) is 47.8 Å². The van der Waals surface area contributed by atoms with Gasteiger partial charge in [-0.05, 0) is 73.6 Å². The van der Waals surface area contributed by atoms with E-state index in [-0.39, 0.29) is 11.5 Å². The van der Waals surface area contributed by atoms with Crippen molar-refractivity contribution in [1.82, 2.24) is 4.98 Å². The molecule has 154 valence electrons. The lowest BCUT2D eigenvalue weighted by Gasteiger charge is -2.26. The third kappa shape index (κ3) is 4.06. The molecule has 1 fully saturated rings. The molecule has 0 saturated heterocycles. The summed E-state index contributed by atoms with van der Waals surface area (Å²) in [7, 11) is 0. The highest BCUT2D eigenvalue weighted by molar-refractivity contribution is 6.31. The van der Waals surface area contributed by atoms with Crippen LogP contribution in [0.2, 0.25) is 10.0 Å². The molecule has 0 aliphatic heterocycles. The van der Waals surface area contributed by atoms with Crippen molar-refractivity contribution in [3.8, 4) is 0 Å². The number of nitrogens with zero attached hydrogens (tertiary/aromatic N) is 2. The molecule has 1 heterocycles. The van der Waals surface area contributed by atoms with E-state index < -0.39 is 5.97 Å². The molecule has 3 aromatic rings. The van der Waals surface area contributed by atoms with Gasteiger partial charge in [-0.15, -0.1) is 0 Å². The average Bonchev–Trinajstić information content (AvgIpc) is 2.75. The second-order valence-electron chi connectivity index (χ2n) is 7.31. The van der Waals surface area contributed by atoms with Gasteiger partial charge in [0.05, 0.1) is 28.2 Å². The maximum atomic E-state index is 11.8. The Morgan fingerprint density at radius 1 is 1.10 bits per heavy atom. The molecule has 0 bridgehead atoms. The van der Waals surface area contributed by atoms with E-state index in [1.807, 2.05) is 18.3 Å². The van der Waals surface area contributed by atoms with Gasteiger partial charge in [-0.25, -0.2) is 4.79 Å². The van der Waals surface area contributed by atoms with Crippen molar-refractivity contribution in [1.29, 1.82) is 0 Å². The summed E-state index contributed by atoms with van der Waals surface area (Å²) in [4.78, 5) is 16.4. The number of benzene rings is 2. The Morgan fingerprint density at radius 2 is 1.80 bits per heavy atom. The summed E-state index contributed by atoms with van der Waals surface area (Å²) in [6.45, 7) is 0. The van der Waals surface area contributed by atoms with Gasteiger partial charge in [0, 0.05) is 21.6 Å². The van der Waals surface area contributed by atoms with Gasteiger partial charge in [-0.2, -0.15) is 0 Å². The van der Waals surface area contributed by atoms with Crippen molar-refractivity contribution in [2.45, 2.75) is 31.6 Å². The Labute approximate surface area is 183 Å². The number of aromatic nitrogens is 1. The van der Waals surface area contributed by atoms with Crippen molar-refractivity contribution in [3.05, 3.63) is 63.8 Å². The van der Waals surface area contributed by atoms with E-state index in [4.69, 9.17) is 28.4 Å². The number of fused-ring (bicyclic) bond motifs is 1. The smallest absolute Gasteiger partial charge is 0.337 e. The maximum absolute atomic E-state index is 11.8. The van der Waals surface area contributed by atoms with Gasteiger partial charge in [-0.3, -0.25) is 4.98 Å². The molecule has 6 nitrogen and oxygen atoms in total. The largest absolute Gasteiger partial charge is 0.478 e. The van der Waals surface area contributed by atoms with Gasteiger partial charge in [0.25, 0.3) is 0 Å². The number of carboxylic acids is 1. The molecule has 1 saturated carbocycles. The minimum absolute atomic E-state index is 0.0822. The van der Waals surface area contributed by atoms with Gasteiger partial charge in [0.2, 0.25) is 0 Å². The summed E-state index contributed by atoms with van der Waals surface area (Å²) < 4.78 is 0. The van der Waals surface area contributed by atoms with E-state index in [0.29, 0.717) is 28.6 Å². The molecule has 2 aromatic carbocycles. The van der Waals surface area contributed by atoms with Crippen LogP contribution >= 0.6 is 23.2 Å². The van der Waals surface area contributed by atoms with Crippen molar-refractivity contribution in [2.75, 3.05) is 5.32 Å². The first-order valence-electron chi connectivity index (χ1n) is 9.54. The zero-order valence-corrected chi connectivity index (χ0v) is 17.4. The predicted octanol–water partition coefficient (Wildman–Crippen LogP) is 6.47. The summed E-state index contributed by atoms with van der Waals surface area (Å²) in [5, 5.41) is 27.1. The number of hydrogen-bond acceptors (Lipinski definition) is 5. The summed E-state index contributed by atoms with van der Waals surface area (Å²) in [5.74, 6) is -0.881. The van der Waals surface area contributed by atoms with Crippen LogP contribution in [-0.2, 0) is 0 Å². The van der Waals surface area contributed by atoms with Crippen LogP contribution in [0.25, 0.3) is 10.9 Å². The number of hydrogen-bond donors (Lipinski definition) is 3. The third-order valence-electron chi connectivity index (χ3n) is 5.48. The number of carboxylic acid groups (broad SMARTS) is 1. The van der Waals surface area contributed by atoms with Gasteiger partial charge in [0.1, 0.15) is 0 Å². The highest BCUT2D eigenvalue weighted by Gasteiger charge is 2.24. The van der Waals surface area contributed by atoms with E-state index in [1.165, 1.54) is 6.07 Å². The van der Waals surface area contributed by atoms with Crippen molar-refractivity contribution in [2.24, 2.45) is 5.16 Å². The van der Waals surface area contributed by atoms with Crippen molar-refractivity contribution >= 4 is 57.2 Å². The first kappa shape index (κ1) is 20.4. The first-order chi connectivity index (χ1) is 14.5. The van der Waals surface area contributed by atoms with E-state index in [1.54, 1.807) is 18.2 Å². The van der Waals surface area contributed by atoms with Crippen LogP contribution in [0.1, 0.15) is 47.5 Å². The summed E-state index contributed by atoms with van der Waals surface area (Å²) >= 11 is 12.3. The molecule has 0 radical (unpaired) electrons. The normalized spacial score (nSPS) is 16.5. The SMILES string of the molecule is O=C(O)c1cc(Cl)ccc1Nc1c(C2CCC(=NO)CC2)cnc2ccc(Cl)cc12. The van der Waals surface area contributed by atoms with Crippen LogP contribution in [0, 0.1) is 0 Å². The van der Waals surface area contributed by atoms with E-state index >= 15 is 0 Å². The molecule has 4 rings (SSSR count). The molecule has 3 N–H and O–H groups in total. The van der Waals surface area contributed by atoms with Gasteiger partial charge in [-0.1, -0.05) is 28.4 Å². The van der Waals surface area contributed by atoms with Crippen molar-refractivity contribution < 1.29 is 15.1 Å². The zero-order chi connectivity index (χ0) is 21.3. The maximum Gasteiger partial charge on any atom is 0.337 e. The Bertz CT molecular complexity index is 1150. The third-order valence-corrected chi connectivity index (χ3v) is 5.95. The fourth-order valence-electron chi connectivity index (χ4n) is 3.93. The molecule has 8 heteroatoms.